The Labute approximate surface area is 176 Å². The Morgan fingerprint density at radius 3 is 2.70 bits per heavy atom. The predicted molar refractivity (Wildman–Crippen MR) is 114 cm³/mol. The number of hydrogen-bond acceptors (Lipinski definition) is 4. The van der Waals surface area contributed by atoms with Gasteiger partial charge in [-0.15, -0.1) is 24.0 Å². The van der Waals surface area contributed by atoms with Crippen molar-refractivity contribution in [2.75, 3.05) is 26.2 Å². The molecule has 1 aromatic carbocycles. The van der Waals surface area contributed by atoms with Crippen LogP contribution in [0, 0.1) is 5.82 Å². The molecular weight excluding hydrogens is 464 g/mol. The Kier molecular flexibility index (Phi) is 11.7. The summed E-state index contributed by atoms with van der Waals surface area (Å²) in [7, 11) is 0. The number of aliphatic imine (C=N–C) groups is 1. The first kappa shape index (κ1) is 23.4. The van der Waals surface area contributed by atoms with Crippen LogP contribution in [0.4, 0.5) is 4.39 Å². The molecule has 0 aliphatic rings. The van der Waals surface area contributed by atoms with E-state index in [1.54, 1.807) is 18.4 Å². The van der Waals surface area contributed by atoms with Gasteiger partial charge in [0.05, 0.1) is 18.9 Å². The van der Waals surface area contributed by atoms with E-state index in [4.69, 9.17) is 9.15 Å². The van der Waals surface area contributed by atoms with Crippen molar-refractivity contribution in [3.05, 3.63) is 59.8 Å². The third-order valence-corrected chi connectivity index (χ3v) is 3.60. The van der Waals surface area contributed by atoms with Crippen molar-refractivity contribution < 1.29 is 18.7 Å². The van der Waals surface area contributed by atoms with Crippen LogP contribution in [-0.2, 0) is 11.3 Å². The van der Waals surface area contributed by atoms with Crippen LogP contribution < -0.4 is 10.6 Å². The number of furan rings is 1. The fourth-order valence-electron chi connectivity index (χ4n) is 2.26. The molecule has 2 rings (SSSR count). The minimum Gasteiger partial charge on any atom is -0.467 e. The van der Waals surface area contributed by atoms with Gasteiger partial charge >= 0.3 is 0 Å². The molecule has 1 aromatic heterocycles. The van der Waals surface area contributed by atoms with Crippen LogP contribution in [0.15, 0.2) is 52.1 Å². The van der Waals surface area contributed by atoms with Crippen molar-refractivity contribution in [1.29, 1.82) is 0 Å². The standard InChI is InChI=1S/C19H26FN3O3.HI/c1-2-21-19(22-10-4-11-25-14-17-5-3-12-26-17)23-13-18(24)15-6-8-16(20)9-7-15;/h3,5-9,12,18,24H,2,4,10-11,13-14H2,1H3,(H2,21,22,23);1H. The Bertz CT molecular complexity index is 651. The molecule has 0 saturated heterocycles. The molecule has 0 spiro atoms. The predicted octanol–water partition coefficient (Wildman–Crippen LogP) is 3.23. The van der Waals surface area contributed by atoms with Gasteiger partial charge in [-0.1, -0.05) is 12.1 Å². The van der Waals surface area contributed by atoms with Gasteiger partial charge in [0.25, 0.3) is 0 Å². The van der Waals surface area contributed by atoms with E-state index in [0.29, 0.717) is 37.8 Å². The van der Waals surface area contributed by atoms with Crippen molar-refractivity contribution in [3.8, 4) is 0 Å². The maximum atomic E-state index is 12.9. The van der Waals surface area contributed by atoms with Gasteiger partial charge in [-0.05, 0) is 43.2 Å². The molecule has 1 unspecified atom stereocenters. The highest BCUT2D eigenvalue weighted by atomic mass is 127. The lowest BCUT2D eigenvalue weighted by Gasteiger charge is -2.13. The average molecular weight is 491 g/mol. The van der Waals surface area contributed by atoms with Crippen LogP contribution in [0.25, 0.3) is 0 Å². The quantitative estimate of drug-likeness (QED) is 0.206. The summed E-state index contributed by atoms with van der Waals surface area (Å²) in [5, 5.41) is 16.5. The van der Waals surface area contributed by atoms with E-state index >= 15 is 0 Å². The Morgan fingerprint density at radius 1 is 1.26 bits per heavy atom. The van der Waals surface area contributed by atoms with Gasteiger partial charge in [-0.3, -0.25) is 4.99 Å². The summed E-state index contributed by atoms with van der Waals surface area (Å²) in [6.07, 6.45) is 1.66. The number of nitrogens with zero attached hydrogens (tertiary/aromatic N) is 1. The number of halogens is 2. The maximum absolute atomic E-state index is 12.9. The van der Waals surface area contributed by atoms with E-state index < -0.39 is 6.10 Å². The van der Waals surface area contributed by atoms with E-state index in [1.807, 2.05) is 19.1 Å². The minimum atomic E-state index is -0.775. The molecular formula is C19H27FIN3O3. The van der Waals surface area contributed by atoms with Gasteiger partial charge in [0.15, 0.2) is 5.96 Å². The molecule has 3 N–H and O–H groups in total. The zero-order valence-corrected chi connectivity index (χ0v) is 17.7. The second kappa shape index (κ2) is 13.5. The average Bonchev–Trinajstić information content (AvgIpc) is 3.16. The topological polar surface area (TPSA) is 79.0 Å². The molecule has 0 bridgehead atoms. The van der Waals surface area contributed by atoms with E-state index in [1.165, 1.54) is 12.1 Å². The van der Waals surface area contributed by atoms with E-state index in [-0.39, 0.29) is 36.3 Å². The van der Waals surface area contributed by atoms with Gasteiger partial charge in [0.1, 0.15) is 18.2 Å². The van der Waals surface area contributed by atoms with Gasteiger partial charge in [-0.25, -0.2) is 4.39 Å². The highest BCUT2D eigenvalue weighted by molar-refractivity contribution is 14.0. The minimum absolute atomic E-state index is 0. The van der Waals surface area contributed by atoms with E-state index in [0.717, 1.165) is 12.2 Å². The molecule has 0 saturated carbocycles. The molecule has 0 amide bonds. The number of benzene rings is 1. The largest absolute Gasteiger partial charge is 0.467 e. The number of ether oxygens (including phenoxy) is 1. The SMILES string of the molecule is CCNC(=NCC(O)c1ccc(F)cc1)NCCCOCc1ccco1.I. The first-order chi connectivity index (χ1) is 12.7. The zero-order valence-electron chi connectivity index (χ0n) is 15.4. The highest BCUT2D eigenvalue weighted by Gasteiger charge is 2.07. The first-order valence-electron chi connectivity index (χ1n) is 8.75. The molecule has 150 valence electrons. The van der Waals surface area contributed by atoms with Crippen molar-refractivity contribution in [2.45, 2.75) is 26.1 Å². The molecule has 0 aliphatic carbocycles. The summed E-state index contributed by atoms with van der Waals surface area (Å²) in [6, 6.07) is 9.49. The smallest absolute Gasteiger partial charge is 0.191 e. The number of hydrogen-bond donors (Lipinski definition) is 3. The second-order valence-corrected chi connectivity index (χ2v) is 5.70. The van der Waals surface area contributed by atoms with Crippen LogP contribution in [0.1, 0.15) is 30.8 Å². The molecule has 27 heavy (non-hydrogen) atoms. The molecule has 1 atom stereocenters. The summed E-state index contributed by atoms with van der Waals surface area (Å²) in [5.74, 6) is 1.11. The van der Waals surface area contributed by atoms with E-state index in [9.17, 15) is 9.50 Å². The molecule has 1 heterocycles. The fourth-order valence-corrected chi connectivity index (χ4v) is 2.26. The van der Waals surface area contributed by atoms with Gasteiger partial charge in [0.2, 0.25) is 0 Å². The zero-order chi connectivity index (χ0) is 18.6. The van der Waals surface area contributed by atoms with Crippen molar-refractivity contribution in [1.82, 2.24) is 10.6 Å². The summed E-state index contributed by atoms with van der Waals surface area (Å²) < 4.78 is 23.6. The molecule has 0 fully saturated rings. The van der Waals surface area contributed by atoms with Crippen LogP contribution in [-0.4, -0.2) is 37.3 Å². The first-order valence-corrected chi connectivity index (χ1v) is 8.75. The summed E-state index contributed by atoms with van der Waals surface area (Å²) in [5.41, 5.74) is 0.636. The number of aliphatic hydroxyl groups is 1. The lowest BCUT2D eigenvalue weighted by atomic mass is 10.1. The third kappa shape index (κ3) is 9.21. The molecule has 0 radical (unpaired) electrons. The normalized spacial score (nSPS) is 12.3. The summed E-state index contributed by atoms with van der Waals surface area (Å²) >= 11 is 0. The van der Waals surface area contributed by atoms with Gasteiger partial charge in [0, 0.05) is 19.7 Å². The van der Waals surface area contributed by atoms with Crippen molar-refractivity contribution in [2.24, 2.45) is 4.99 Å². The lowest BCUT2D eigenvalue weighted by molar-refractivity contribution is 0.105. The Morgan fingerprint density at radius 2 is 2.04 bits per heavy atom. The molecule has 6 nitrogen and oxygen atoms in total. The monoisotopic (exact) mass is 491 g/mol. The van der Waals surface area contributed by atoms with Crippen LogP contribution in [0.2, 0.25) is 0 Å². The van der Waals surface area contributed by atoms with Crippen LogP contribution in [0.5, 0.6) is 0 Å². The maximum Gasteiger partial charge on any atom is 0.191 e. The Hall–Kier alpha value is -1.65. The van der Waals surface area contributed by atoms with Crippen molar-refractivity contribution >= 4 is 29.9 Å². The number of rotatable bonds is 10. The fraction of sp³-hybridized carbons (Fsp3) is 0.421. The van der Waals surface area contributed by atoms with Crippen LogP contribution in [0.3, 0.4) is 0 Å². The van der Waals surface area contributed by atoms with Gasteiger partial charge < -0.3 is 24.9 Å². The number of aliphatic hydroxyl groups excluding tert-OH is 1. The molecule has 2 aromatic rings. The second-order valence-electron chi connectivity index (χ2n) is 5.70. The van der Waals surface area contributed by atoms with Crippen LogP contribution >= 0.6 is 24.0 Å². The van der Waals surface area contributed by atoms with E-state index in [2.05, 4.69) is 15.6 Å². The van der Waals surface area contributed by atoms with Crippen molar-refractivity contribution in [3.63, 3.8) is 0 Å². The van der Waals surface area contributed by atoms with Gasteiger partial charge in [-0.2, -0.15) is 0 Å². The summed E-state index contributed by atoms with van der Waals surface area (Å²) in [6.45, 7) is 4.64. The highest BCUT2D eigenvalue weighted by Crippen LogP contribution is 2.13. The lowest BCUT2D eigenvalue weighted by Crippen LogP contribution is -2.38. The third-order valence-electron chi connectivity index (χ3n) is 3.60. The Balaban J connectivity index is 0.00000364. The summed E-state index contributed by atoms with van der Waals surface area (Å²) in [4.78, 5) is 4.37. The molecule has 8 heteroatoms. The number of nitrogens with one attached hydrogen (secondary N) is 2. The number of guanidine groups is 1. The molecule has 0 aliphatic heterocycles.